The van der Waals surface area contributed by atoms with Gasteiger partial charge in [0, 0.05) is 17.7 Å². The number of aromatic carboxylic acids is 1. The Bertz CT molecular complexity index is 658. The van der Waals surface area contributed by atoms with Crippen molar-refractivity contribution < 1.29 is 19.1 Å². The van der Waals surface area contributed by atoms with Gasteiger partial charge in [-0.3, -0.25) is 4.79 Å². The van der Waals surface area contributed by atoms with Crippen LogP contribution >= 0.6 is 0 Å². The number of nitrogens with one attached hydrogen (secondary N) is 1. The van der Waals surface area contributed by atoms with E-state index in [1.165, 1.54) is 6.07 Å². The lowest BCUT2D eigenvalue weighted by molar-refractivity contribution is -0.115. The minimum absolute atomic E-state index is 0.0732. The van der Waals surface area contributed by atoms with Crippen molar-refractivity contribution in [3.05, 3.63) is 41.7 Å². The van der Waals surface area contributed by atoms with Crippen molar-refractivity contribution in [1.82, 2.24) is 0 Å². The van der Waals surface area contributed by atoms with E-state index < -0.39 is 5.97 Å². The number of hydrogen-bond donors (Lipinski definition) is 2. The van der Waals surface area contributed by atoms with E-state index >= 15 is 0 Å². The first-order valence-electron chi connectivity index (χ1n) is 6.25. The van der Waals surface area contributed by atoms with Gasteiger partial charge >= 0.3 is 5.97 Å². The minimum Gasteiger partial charge on any atom is -0.475 e. The number of anilines is 1. The monoisotopic (exact) mass is 273 g/mol. The molecule has 0 spiro atoms. The van der Waals surface area contributed by atoms with Gasteiger partial charge in [0.05, 0.1) is 0 Å². The van der Waals surface area contributed by atoms with Crippen molar-refractivity contribution in [3.8, 4) is 11.3 Å². The Kier molecular flexibility index (Phi) is 3.89. The fraction of sp³-hybridized carbons (Fsp3) is 0.200. The van der Waals surface area contributed by atoms with Crippen LogP contribution in [0.3, 0.4) is 0 Å². The second-order valence-corrected chi connectivity index (χ2v) is 4.40. The van der Waals surface area contributed by atoms with E-state index in [-0.39, 0.29) is 11.7 Å². The molecule has 0 atom stereocenters. The van der Waals surface area contributed by atoms with Crippen LogP contribution in [0.5, 0.6) is 0 Å². The Morgan fingerprint density at radius 1 is 1.25 bits per heavy atom. The fourth-order valence-electron chi connectivity index (χ4n) is 1.76. The van der Waals surface area contributed by atoms with Crippen molar-refractivity contribution >= 4 is 17.6 Å². The molecule has 0 radical (unpaired) electrons. The molecule has 2 aromatic rings. The smallest absolute Gasteiger partial charge is 0.371 e. The molecular weight excluding hydrogens is 258 g/mol. The van der Waals surface area contributed by atoms with Crippen LogP contribution < -0.4 is 5.32 Å². The maximum absolute atomic E-state index is 11.5. The molecule has 0 fully saturated rings. The lowest BCUT2D eigenvalue weighted by Gasteiger charge is -2.09. The first-order chi connectivity index (χ1) is 9.51. The summed E-state index contributed by atoms with van der Waals surface area (Å²) < 4.78 is 5.25. The Hall–Kier alpha value is -2.56. The largest absolute Gasteiger partial charge is 0.475 e. The fourth-order valence-corrected chi connectivity index (χ4v) is 1.76. The second kappa shape index (κ2) is 5.61. The zero-order chi connectivity index (χ0) is 14.7. The summed E-state index contributed by atoms with van der Waals surface area (Å²) in [5, 5.41) is 11.6. The van der Waals surface area contributed by atoms with Crippen LogP contribution in [0.4, 0.5) is 5.69 Å². The van der Waals surface area contributed by atoms with E-state index in [1.54, 1.807) is 19.1 Å². The normalized spacial score (nSPS) is 10.3. The molecule has 0 unspecified atom stereocenters. The molecule has 0 bridgehead atoms. The second-order valence-electron chi connectivity index (χ2n) is 4.40. The average Bonchev–Trinajstić information content (AvgIpc) is 2.91. The quantitative estimate of drug-likeness (QED) is 0.895. The summed E-state index contributed by atoms with van der Waals surface area (Å²) >= 11 is 0. The summed E-state index contributed by atoms with van der Waals surface area (Å²) in [4.78, 5) is 22.3. The summed E-state index contributed by atoms with van der Waals surface area (Å²) in [6, 6.07) is 8.44. The van der Waals surface area contributed by atoms with Crippen molar-refractivity contribution in [1.29, 1.82) is 0 Å². The van der Waals surface area contributed by atoms with Crippen LogP contribution in [-0.4, -0.2) is 17.0 Å². The predicted octanol–water partition coefficient (Wildman–Crippen LogP) is 3.30. The van der Waals surface area contributed by atoms with E-state index in [9.17, 15) is 9.59 Å². The van der Waals surface area contributed by atoms with Gasteiger partial charge in [0.25, 0.3) is 0 Å². The highest BCUT2D eigenvalue weighted by atomic mass is 16.4. The molecule has 0 saturated heterocycles. The van der Waals surface area contributed by atoms with Crippen LogP contribution in [0, 0.1) is 6.92 Å². The van der Waals surface area contributed by atoms with Gasteiger partial charge in [0.15, 0.2) is 0 Å². The van der Waals surface area contributed by atoms with Gasteiger partial charge in [-0.1, -0.05) is 19.1 Å². The van der Waals surface area contributed by atoms with Crippen LogP contribution in [0.15, 0.2) is 34.7 Å². The number of aryl methyl sites for hydroxylation is 1. The Balaban J connectivity index is 2.34. The highest BCUT2D eigenvalue weighted by molar-refractivity contribution is 5.92. The van der Waals surface area contributed by atoms with E-state index in [1.807, 2.05) is 19.1 Å². The third kappa shape index (κ3) is 2.88. The lowest BCUT2D eigenvalue weighted by Crippen LogP contribution is -2.10. The summed E-state index contributed by atoms with van der Waals surface area (Å²) in [6.07, 6.45) is 0.396. The number of furan rings is 1. The molecule has 1 amide bonds. The van der Waals surface area contributed by atoms with Gasteiger partial charge in [-0.25, -0.2) is 4.79 Å². The van der Waals surface area contributed by atoms with E-state index in [2.05, 4.69) is 5.32 Å². The number of amides is 1. The van der Waals surface area contributed by atoms with Crippen LogP contribution in [0.2, 0.25) is 0 Å². The standard InChI is InChI=1S/C15H15NO4/c1-3-14(17)16-11-8-10(5-4-9(11)2)12-6-7-13(20-12)15(18)19/h4-8H,3H2,1-2H3,(H,16,17)(H,18,19). The minimum atomic E-state index is -1.11. The molecular formula is C15H15NO4. The van der Waals surface area contributed by atoms with Crippen LogP contribution in [-0.2, 0) is 4.79 Å². The molecule has 1 aromatic heterocycles. The number of carbonyl (C=O) groups is 2. The Morgan fingerprint density at radius 2 is 2.00 bits per heavy atom. The third-order valence-corrected chi connectivity index (χ3v) is 2.93. The van der Waals surface area contributed by atoms with Crippen molar-refractivity contribution in [3.63, 3.8) is 0 Å². The van der Waals surface area contributed by atoms with Gasteiger partial charge in [-0.05, 0) is 30.7 Å². The zero-order valence-corrected chi connectivity index (χ0v) is 11.3. The van der Waals surface area contributed by atoms with Gasteiger partial charge < -0.3 is 14.8 Å². The molecule has 1 heterocycles. The molecule has 5 heteroatoms. The number of rotatable bonds is 4. The number of carboxylic acid groups (broad SMARTS) is 1. The maximum Gasteiger partial charge on any atom is 0.371 e. The molecule has 0 aliphatic carbocycles. The topological polar surface area (TPSA) is 79.5 Å². The molecule has 0 aliphatic rings. The third-order valence-electron chi connectivity index (χ3n) is 2.93. The highest BCUT2D eigenvalue weighted by Crippen LogP contribution is 2.27. The number of hydrogen-bond acceptors (Lipinski definition) is 3. The Morgan fingerprint density at radius 3 is 2.60 bits per heavy atom. The van der Waals surface area contributed by atoms with E-state index in [0.717, 1.165) is 11.1 Å². The summed E-state index contributed by atoms with van der Waals surface area (Å²) in [7, 11) is 0. The molecule has 1 aromatic carbocycles. The lowest BCUT2D eigenvalue weighted by atomic mass is 10.1. The van der Waals surface area contributed by atoms with Gasteiger partial charge in [-0.2, -0.15) is 0 Å². The Labute approximate surface area is 116 Å². The summed E-state index contributed by atoms with van der Waals surface area (Å²) in [5.74, 6) is -0.840. The molecule has 20 heavy (non-hydrogen) atoms. The van der Waals surface area contributed by atoms with Crippen LogP contribution in [0.1, 0.15) is 29.5 Å². The summed E-state index contributed by atoms with van der Waals surface area (Å²) in [6.45, 7) is 3.67. The maximum atomic E-state index is 11.5. The molecule has 2 rings (SSSR count). The van der Waals surface area contributed by atoms with Crippen LogP contribution in [0.25, 0.3) is 11.3 Å². The predicted molar refractivity (Wildman–Crippen MR) is 74.8 cm³/mol. The first kappa shape index (κ1) is 13.9. The van der Waals surface area contributed by atoms with Gasteiger partial charge in [0.2, 0.25) is 11.7 Å². The number of carboxylic acids is 1. The van der Waals surface area contributed by atoms with Crippen molar-refractivity contribution in [2.24, 2.45) is 0 Å². The number of carbonyl (C=O) groups excluding carboxylic acids is 1. The average molecular weight is 273 g/mol. The van der Waals surface area contributed by atoms with E-state index in [4.69, 9.17) is 9.52 Å². The van der Waals surface area contributed by atoms with Crippen molar-refractivity contribution in [2.75, 3.05) is 5.32 Å². The van der Waals surface area contributed by atoms with Gasteiger partial charge in [-0.15, -0.1) is 0 Å². The van der Waals surface area contributed by atoms with Gasteiger partial charge in [0.1, 0.15) is 5.76 Å². The van der Waals surface area contributed by atoms with Crippen molar-refractivity contribution in [2.45, 2.75) is 20.3 Å². The SMILES string of the molecule is CCC(=O)Nc1cc(-c2ccc(C(=O)O)o2)ccc1C. The number of benzene rings is 1. The molecule has 104 valence electrons. The molecule has 0 saturated carbocycles. The van der Waals surface area contributed by atoms with E-state index in [0.29, 0.717) is 17.9 Å². The zero-order valence-electron chi connectivity index (χ0n) is 11.3. The molecule has 5 nitrogen and oxygen atoms in total. The molecule has 2 N–H and O–H groups in total. The molecule has 0 aliphatic heterocycles. The highest BCUT2D eigenvalue weighted by Gasteiger charge is 2.12. The first-order valence-corrected chi connectivity index (χ1v) is 6.25. The summed E-state index contributed by atoms with van der Waals surface area (Å²) in [5.41, 5.74) is 2.35.